The Hall–Kier alpha value is -2.39. The first kappa shape index (κ1) is 43.6. The van der Waals surface area contributed by atoms with Crippen LogP contribution in [0.5, 0.6) is 0 Å². The van der Waals surface area contributed by atoms with E-state index in [0.29, 0.717) is 41.9 Å². The number of hydrogen-bond donors (Lipinski definition) is 0. The Bertz CT molecular complexity index is 1350. The largest absolute Gasteiger partial charge is 0.465 e. The van der Waals surface area contributed by atoms with Gasteiger partial charge in [-0.1, -0.05) is 76.2 Å². The first-order chi connectivity index (χ1) is 21.9. The fourth-order valence-electron chi connectivity index (χ4n) is 6.02. The summed E-state index contributed by atoms with van der Waals surface area (Å²) in [4.78, 5) is 67.3. The van der Waals surface area contributed by atoms with Gasteiger partial charge in [-0.2, -0.15) is 0 Å². The Morgan fingerprint density at radius 2 is 1.25 bits per heavy atom. The summed E-state index contributed by atoms with van der Waals surface area (Å²) < 4.78 is 19.8. The quantitative estimate of drug-likeness (QED) is 0.0855. The Labute approximate surface area is 291 Å². The van der Waals surface area contributed by atoms with Crippen LogP contribution in [0.15, 0.2) is 9.21 Å². The highest BCUT2D eigenvalue weighted by atomic mass is 28.4. The topological polar surface area (TPSA) is 117 Å². The maximum atomic E-state index is 14.1. The fraction of sp³-hybridized carbons (Fsp3) is 0.769. The van der Waals surface area contributed by atoms with E-state index in [0.717, 1.165) is 0 Å². The van der Waals surface area contributed by atoms with Gasteiger partial charge in [-0.15, -0.1) is 0 Å². The molecule has 0 saturated carbocycles. The number of esters is 1. The van der Waals surface area contributed by atoms with Gasteiger partial charge in [-0.3, -0.25) is 24.0 Å². The molecule has 0 bridgehead atoms. The Morgan fingerprint density at radius 3 is 1.71 bits per heavy atom. The number of hydrogen-bond acceptors (Lipinski definition) is 8. The smallest absolute Gasteiger partial charge is 0.308 e. The number of carbonyl (C=O) groups excluding carboxylic acids is 4. The number of ether oxygens (including phenoxy) is 1. The van der Waals surface area contributed by atoms with Crippen LogP contribution in [0.3, 0.4) is 0 Å². The Kier molecular flexibility index (Phi) is 15.9. The highest BCUT2D eigenvalue weighted by Gasteiger charge is 2.47. The highest BCUT2D eigenvalue weighted by Crippen LogP contribution is 2.43. The molecule has 0 aliphatic heterocycles. The van der Waals surface area contributed by atoms with Crippen LogP contribution in [0.25, 0.3) is 0 Å². The van der Waals surface area contributed by atoms with E-state index < -0.39 is 67.8 Å². The molecule has 1 aromatic heterocycles. The normalized spacial score (nSPS) is 18.1. The van der Waals surface area contributed by atoms with E-state index in [1.54, 1.807) is 48.5 Å². The average molecular weight is 691 g/mol. The van der Waals surface area contributed by atoms with Crippen molar-refractivity contribution in [1.82, 2.24) is 0 Å². The summed E-state index contributed by atoms with van der Waals surface area (Å²) in [6.45, 7) is 32.2. The van der Waals surface area contributed by atoms with Crippen molar-refractivity contribution >= 4 is 31.6 Å². The summed E-state index contributed by atoms with van der Waals surface area (Å²) in [6, 6.07) is 0. The van der Waals surface area contributed by atoms with Crippen LogP contribution < -0.4 is 5.43 Å². The van der Waals surface area contributed by atoms with Crippen molar-refractivity contribution < 1.29 is 32.8 Å². The summed E-state index contributed by atoms with van der Waals surface area (Å²) >= 11 is 0. The molecular weight excluding hydrogens is 625 g/mol. The van der Waals surface area contributed by atoms with Crippen LogP contribution in [0.4, 0.5) is 0 Å². The summed E-state index contributed by atoms with van der Waals surface area (Å²) in [6.07, 6.45) is 0.154. The van der Waals surface area contributed by atoms with Crippen molar-refractivity contribution in [3.63, 3.8) is 0 Å². The average Bonchev–Trinajstić information content (AvgIpc) is 3.04. The predicted molar refractivity (Wildman–Crippen MR) is 195 cm³/mol. The molecule has 274 valence electrons. The predicted octanol–water partition coefficient (Wildman–Crippen LogP) is 8.57. The molecular formula is C39H66O8Si. The fourth-order valence-corrected chi connectivity index (χ4v) is 7.47. The maximum Gasteiger partial charge on any atom is 0.308 e. The summed E-state index contributed by atoms with van der Waals surface area (Å²) in [5.74, 6) is -4.84. The molecule has 0 N–H and O–H groups in total. The Morgan fingerprint density at radius 1 is 0.750 bits per heavy atom. The molecule has 0 spiro atoms. The molecule has 0 saturated heterocycles. The molecule has 1 rings (SSSR count). The van der Waals surface area contributed by atoms with Crippen LogP contribution in [0, 0.1) is 49.4 Å². The number of Topliss-reactive ketones (excluding diaryl/α,β-unsaturated/α-hetero) is 3. The lowest BCUT2D eigenvalue weighted by molar-refractivity contribution is -0.164. The van der Waals surface area contributed by atoms with E-state index in [9.17, 15) is 24.0 Å². The van der Waals surface area contributed by atoms with Crippen molar-refractivity contribution in [2.24, 2.45) is 35.5 Å². The van der Waals surface area contributed by atoms with E-state index in [4.69, 9.17) is 13.6 Å². The molecule has 1 aromatic rings. The molecule has 8 nitrogen and oxygen atoms in total. The van der Waals surface area contributed by atoms with E-state index in [-0.39, 0.29) is 28.0 Å². The molecule has 1 heterocycles. The van der Waals surface area contributed by atoms with Gasteiger partial charge in [0.2, 0.25) is 0 Å². The zero-order valence-corrected chi connectivity index (χ0v) is 34.1. The molecule has 2 unspecified atom stereocenters. The molecule has 0 fully saturated rings. The van der Waals surface area contributed by atoms with E-state index in [1.165, 1.54) is 0 Å². The number of carbonyl (C=O) groups is 4. The Balaban J connectivity index is 3.86. The molecule has 0 aromatic carbocycles. The summed E-state index contributed by atoms with van der Waals surface area (Å²) in [5, 5.41) is -0.175. The third kappa shape index (κ3) is 9.86. The van der Waals surface area contributed by atoms with E-state index in [2.05, 4.69) is 33.9 Å². The minimum Gasteiger partial charge on any atom is -0.465 e. The van der Waals surface area contributed by atoms with E-state index in [1.807, 2.05) is 34.6 Å². The van der Waals surface area contributed by atoms with Crippen molar-refractivity contribution in [2.45, 2.75) is 159 Å². The number of rotatable bonds is 18. The molecule has 0 radical (unpaired) electrons. The van der Waals surface area contributed by atoms with E-state index >= 15 is 0 Å². The SMILES string of the molecule is CCc1oc([C@@H](C)[C@@H](O[Si](C)(C)C(C)(C)C)[C@H](C)[C@@H](OC(=O)[C@@H](C)CC)[C@@H](C)C(=O)C(C)C(=O)C(C)C(=O)[C@@H](C)CC)c(C)c(=O)c1C. The second kappa shape index (κ2) is 17.5. The second-order valence-corrected chi connectivity index (χ2v) is 20.5. The van der Waals surface area contributed by atoms with Gasteiger partial charge in [0, 0.05) is 35.3 Å². The molecule has 9 heteroatoms. The second-order valence-electron chi connectivity index (χ2n) is 15.8. The minimum atomic E-state index is -2.49. The summed E-state index contributed by atoms with van der Waals surface area (Å²) in [5.41, 5.74) is 1.01. The van der Waals surface area contributed by atoms with Gasteiger partial charge in [0.15, 0.2) is 19.5 Å². The molecule has 0 aliphatic carbocycles. The number of ketones is 3. The third-order valence-corrected chi connectivity index (χ3v) is 15.7. The van der Waals surface area contributed by atoms with Gasteiger partial charge in [0.05, 0.1) is 29.8 Å². The monoisotopic (exact) mass is 690 g/mol. The van der Waals surface area contributed by atoms with Gasteiger partial charge in [0.25, 0.3) is 0 Å². The first-order valence-corrected chi connectivity index (χ1v) is 20.9. The molecule has 0 amide bonds. The minimum absolute atomic E-state index is 0.0737. The molecule has 9 atom stereocenters. The third-order valence-electron chi connectivity index (χ3n) is 11.2. The van der Waals surface area contributed by atoms with Crippen LogP contribution in [0.2, 0.25) is 18.1 Å². The summed E-state index contributed by atoms with van der Waals surface area (Å²) in [7, 11) is -2.49. The lowest BCUT2D eigenvalue weighted by atomic mass is 9.77. The zero-order chi connectivity index (χ0) is 37.6. The molecule has 48 heavy (non-hydrogen) atoms. The van der Waals surface area contributed by atoms with Gasteiger partial charge in [0.1, 0.15) is 29.2 Å². The van der Waals surface area contributed by atoms with Crippen molar-refractivity contribution in [3.8, 4) is 0 Å². The van der Waals surface area contributed by atoms with Crippen LogP contribution in [-0.2, 0) is 34.8 Å². The lowest BCUT2D eigenvalue weighted by Gasteiger charge is -2.45. The lowest BCUT2D eigenvalue weighted by Crippen LogP contribution is -2.51. The van der Waals surface area contributed by atoms with Gasteiger partial charge >= 0.3 is 5.97 Å². The highest BCUT2D eigenvalue weighted by molar-refractivity contribution is 6.74. The number of aryl methyl sites for hydroxylation is 1. The van der Waals surface area contributed by atoms with Crippen molar-refractivity contribution in [3.05, 3.63) is 32.9 Å². The van der Waals surface area contributed by atoms with Crippen molar-refractivity contribution in [1.29, 1.82) is 0 Å². The van der Waals surface area contributed by atoms with Crippen molar-refractivity contribution in [2.75, 3.05) is 0 Å². The van der Waals surface area contributed by atoms with Crippen LogP contribution in [-0.4, -0.2) is 43.8 Å². The first-order valence-electron chi connectivity index (χ1n) is 18.0. The standard InChI is InChI=1S/C39H66O8Si/c1-18-21(4)31(40)24(7)33(42)25(8)34(43)27(10)36(46-38(44)22(5)19-2)29(12)37(47-48(16,17)39(13,14)15)28(11)35-26(9)32(41)23(6)30(20-3)45-35/h21-22,24-25,27-29,36-37H,18-20H2,1-17H3/t21-,22-,24?,25?,27-,28+,29+,36-,37+/m0/s1. The van der Waals surface area contributed by atoms with Gasteiger partial charge < -0.3 is 13.6 Å². The van der Waals surface area contributed by atoms with Gasteiger partial charge in [-0.05, 0) is 58.7 Å². The molecule has 0 aliphatic rings. The van der Waals surface area contributed by atoms with Crippen LogP contribution in [0.1, 0.15) is 131 Å². The van der Waals surface area contributed by atoms with Crippen LogP contribution >= 0.6 is 0 Å². The maximum absolute atomic E-state index is 14.1. The zero-order valence-electron chi connectivity index (χ0n) is 33.1. The van der Waals surface area contributed by atoms with Gasteiger partial charge in [-0.25, -0.2) is 0 Å².